The van der Waals surface area contributed by atoms with E-state index in [2.05, 4.69) is 4.74 Å². The Bertz CT molecular complexity index is 626. The number of rotatable bonds is 3. The van der Waals surface area contributed by atoms with Gasteiger partial charge in [0.15, 0.2) is 11.6 Å². The van der Waals surface area contributed by atoms with Crippen molar-refractivity contribution in [3.63, 3.8) is 0 Å². The van der Waals surface area contributed by atoms with E-state index in [1.54, 1.807) is 0 Å². The molecule has 0 aliphatic rings. The van der Waals surface area contributed by atoms with Crippen molar-refractivity contribution in [1.82, 2.24) is 0 Å². The number of phenolic OH excluding ortho intramolecular Hbond substituents is 1. The maximum Gasteiger partial charge on any atom is 0.573 e. The van der Waals surface area contributed by atoms with Gasteiger partial charge in [0, 0.05) is 5.56 Å². The molecule has 0 aromatic heterocycles. The molecule has 0 heterocycles. The topological polar surface area (TPSA) is 55.5 Å². The summed E-state index contributed by atoms with van der Waals surface area (Å²) in [7, 11) is 0. The van der Waals surface area contributed by atoms with Gasteiger partial charge in [-0.2, -0.15) is 0 Å². The van der Waals surface area contributed by atoms with Crippen LogP contribution in [0.4, 0.5) is 17.6 Å². The lowest BCUT2D eigenvalue weighted by atomic mass is 9.98. The average Bonchev–Trinajstić information content (AvgIpc) is 2.40. The molecule has 0 radical (unpaired) electrons. The highest BCUT2D eigenvalue weighted by molar-refractivity contribution is 5.42. The van der Waals surface area contributed by atoms with Gasteiger partial charge in [0.25, 0.3) is 0 Å². The fraction of sp³-hybridized carbons (Fsp3) is 0.143. The average molecular weight is 301 g/mol. The number of ether oxygens (including phenoxy) is 1. The molecule has 2 aromatic carbocycles. The van der Waals surface area contributed by atoms with Crippen molar-refractivity contribution >= 4 is 0 Å². The smallest absolute Gasteiger partial charge is 0.505 e. The van der Waals surface area contributed by atoms with Gasteiger partial charge >= 0.3 is 6.36 Å². The van der Waals surface area contributed by atoms with Crippen LogP contribution in [-0.2, 0) is 0 Å². The lowest BCUT2D eigenvalue weighted by Gasteiger charge is -2.15. The van der Waals surface area contributed by atoms with Crippen LogP contribution in [0, 0.1) is 5.82 Å². The molecule has 0 amide bonds. The van der Waals surface area contributed by atoms with Gasteiger partial charge in [-0.05, 0) is 23.8 Å². The first-order valence-corrected chi connectivity index (χ1v) is 5.86. The standard InChI is InChI=1S/C14H11F4NO2/c15-11-3-1-2-10(13(11)20)12(19)8-4-6-9(7-5-8)21-14(16,17)18/h1-7,12,20H,19H2/t12-/m1/s1. The summed E-state index contributed by atoms with van der Waals surface area (Å²) in [5.41, 5.74) is 6.42. The Morgan fingerprint density at radius 3 is 2.24 bits per heavy atom. The second kappa shape index (κ2) is 5.61. The van der Waals surface area contributed by atoms with Crippen molar-refractivity contribution < 1.29 is 27.4 Å². The summed E-state index contributed by atoms with van der Waals surface area (Å²) in [6.45, 7) is 0. The molecule has 21 heavy (non-hydrogen) atoms. The van der Waals surface area contributed by atoms with Gasteiger partial charge in [0.1, 0.15) is 5.75 Å². The maximum absolute atomic E-state index is 13.3. The van der Waals surface area contributed by atoms with Crippen molar-refractivity contribution in [1.29, 1.82) is 0 Å². The van der Waals surface area contributed by atoms with Crippen LogP contribution in [0.25, 0.3) is 0 Å². The van der Waals surface area contributed by atoms with Gasteiger partial charge in [-0.25, -0.2) is 4.39 Å². The maximum atomic E-state index is 13.3. The molecule has 0 aliphatic heterocycles. The second-order valence-electron chi connectivity index (χ2n) is 4.27. The van der Waals surface area contributed by atoms with Crippen LogP contribution in [0.2, 0.25) is 0 Å². The molecule has 2 rings (SSSR count). The zero-order chi connectivity index (χ0) is 15.6. The van der Waals surface area contributed by atoms with E-state index in [0.29, 0.717) is 5.56 Å². The van der Waals surface area contributed by atoms with Crippen LogP contribution >= 0.6 is 0 Å². The molecule has 3 N–H and O–H groups in total. The fourth-order valence-corrected chi connectivity index (χ4v) is 1.84. The Morgan fingerprint density at radius 2 is 1.67 bits per heavy atom. The van der Waals surface area contributed by atoms with Gasteiger partial charge in [-0.15, -0.1) is 13.2 Å². The highest BCUT2D eigenvalue weighted by Gasteiger charge is 2.31. The number of hydrogen-bond donors (Lipinski definition) is 2. The minimum atomic E-state index is -4.77. The van der Waals surface area contributed by atoms with Crippen LogP contribution in [0.5, 0.6) is 11.5 Å². The Labute approximate surface area is 117 Å². The zero-order valence-corrected chi connectivity index (χ0v) is 10.6. The Balaban J connectivity index is 2.24. The van der Waals surface area contributed by atoms with Crippen LogP contribution in [-0.4, -0.2) is 11.5 Å². The Kier molecular flexibility index (Phi) is 4.04. The molecule has 0 bridgehead atoms. The number of hydrogen-bond acceptors (Lipinski definition) is 3. The Morgan fingerprint density at radius 1 is 1.05 bits per heavy atom. The number of benzene rings is 2. The van der Waals surface area contributed by atoms with E-state index in [0.717, 1.165) is 18.2 Å². The number of nitrogens with two attached hydrogens (primary N) is 1. The predicted molar refractivity (Wildman–Crippen MR) is 67.2 cm³/mol. The number of aromatic hydroxyl groups is 1. The lowest BCUT2D eigenvalue weighted by molar-refractivity contribution is -0.274. The van der Waals surface area contributed by atoms with E-state index in [9.17, 15) is 22.7 Å². The van der Waals surface area contributed by atoms with Gasteiger partial charge in [-0.3, -0.25) is 0 Å². The summed E-state index contributed by atoms with van der Waals surface area (Å²) in [5.74, 6) is -1.79. The molecule has 112 valence electrons. The highest BCUT2D eigenvalue weighted by Crippen LogP contribution is 2.31. The second-order valence-corrected chi connectivity index (χ2v) is 4.27. The van der Waals surface area contributed by atoms with Crippen LogP contribution < -0.4 is 10.5 Å². The van der Waals surface area contributed by atoms with Crippen molar-refractivity contribution in [3.8, 4) is 11.5 Å². The first-order chi connectivity index (χ1) is 9.78. The van der Waals surface area contributed by atoms with E-state index in [4.69, 9.17) is 5.73 Å². The van der Waals surface area contributed by atoms with Gasteiger partial charge in [0.05, 0.1) is 6.04 Å². The summed E-state index contributed by atoms with van der Waals surface area (Å²) in [6, 6.07) is 7.84. The molecule has 7 heteroatoms. The summed E-state index contributed by atoms with van der Waals surface area (Å²) < 4.78 is 53.1. The quantitative estimate of drug-likeness (QED) is 0.853. The van der Waals surface area contributed by atoms with Crippen molar-refractivity contribution in [2.75, 3.05) is 0 Å². The molecule has 0 saturated carbocycles. The molecule has 0 saturated heterocycles. The summed E-state index contributed by atoms with van der Waals surface area (Å²) in [4.78, 5) is 0. The molecule has 0 spiro atoms. The molecular formula is C14H11F4NO2. The number of phenols is 1. The van der Waals surface area contributed by atoms with Gasteiger partial charge < -0.3 is 15.6 Å². The van der Waals surface area contributed by atoms with E-state index in [1.165, 1.54) is 24.3 Å². The van der Waals surface area contributed by atoms with E-state index < -0.39 is 24.0 Å². The first-order valence-electron chi connectivity index (χ1n) is 5.86. The molecule has 1 atom stereocenters. The van der Waals surface area contributed by atoms with Crippen molar-refractivity contribution in [3.05, 3.63) is 59.4 Å². The van der Waals surface area contributed by atoms with Crippen LogP contribution in [0.1, 0.15) is 17.2 Å². The SMILES string of the molecule is N[C@H](c1ccc(OC(F)(F)F)cc1)c1cccc(F)c1O. The zero-order valence-electron chi connectivity index (χ0n) is 10.6. The summed E-state index contributed by atoms with van der Waals surface area (Å²) >= 11 is 0. The fourth-order valence-electron chi connectivity index (χ4n) is 1.84. The predicted octanol–water partition coefficient (Wildman–Crippen LogP) is 3.48. The van der Waals surface area contributed by atoms with Gasteiger partial charge in [-0.1, -0.05) is 24.3 Å². The minimum absolute atomic E-state index is 0.138. The van der Waals surface area contributed by atoms with Crippen LogP contribution in [0.15, 0.2) is 42.5 Å². The largest absolute Gasteiger partial charge is 0.573 e. The van der Waals surface area contributed by atoms with E-state index >= 15 is 0 Å². The molecule has 3 nitrogen and oxygen atoms in total. The Hall–Kier alpha value is -2.28. The monoisotopic (exact) mass is 301 g/mol. The van der Waals surface area contributed by atoms with E-state index in [1.807, 2.05) is 0 Å². The summed E-state index contributed by atoms with van der Waals surface area (Å²) in [5, 5.41) is 9.61. The number of para-hydroxylation sites is 1. The summed E-state index contributed by atoms with van der Waals surface area (Å²) in [6.07, 6.45) is -4.77. The minimum Gasteiger partial charge on any atom is -0.505 e. The third-order valence-corrected chi connectivity index (χ3v) is 2.83. The normalized spacial score (nSPS) is 13.0. The highest BCUT2D eigenvalue weighted by atomic mass is 19.4. The van der Waals surface area contributed by atoms with Gasteiger partial charge in [0.2, 0.25) is 0 Å². The number of alkyl halides is 3. The molecule has 2 aromatic rings. The van der Waals surface area contributed by atoms with Crippen molar-refractivity contribution in [2.24, 2.45) is 5.73 Å². The molecule has 0 aliphatic carbocycles. The molecule has 0 unspecified atom stereocenters. The van der Waals surface area contributed by atoms with Crippen LogP contribution in [0.3, 0.4) is 0 Å². The lowest BCUT2D eigenvalue weighted by Crippen LogP contribution is -2.17. The molecule has 0 fully saturated rings. The number of halogens is 4. The van der Waals surface area contributed by atoms with Crippen molar-refractivity contribution in [2.45, 2.75) is 12.4 Å². The first kappa shape index (κ1) is 15.1. The third kappa shape index (κ3) is 3.63. The molecular weight excluding hydrogens is 290 g/mol. The third-order valence-electron chi connectivity index (χ3n) is 2.83. The van der Waals surface area contributed by atoms with E-state index in [-0.39, 0.29) is 11.3 Å².